The van der Waals surface area contributed by atoms with Gasteiger partial charge in [0, 0.05) is 0 Å². The van der Waals surface area contributed by atoms with E-state index in [0.717, 1.165) is 39.7 Å². The molecule has 0 aliphatic rings. The Morgan fingerprint density at radius 3 is 1.72 bits per heavy atom. The number of aliphatic imine (C=N–C) groups is 2. The maximum absolute atomic E-state index is 6.33. The average molecular weight is 531 g/mol. The van der Waals surface area contributed by atoms with E-state index in [1.165, 1.54) is 16.7 Å². The van der Waals surface area contributed by atoms with Crippen LogP contribution in [-0.4, -0.2) is 16.4 Å². The number of nitrogens with zero attached hydrogens (tertiary/aromatic N) is 3. The van der Waals surface area contributed by atoms with Crippen LogP contribution in [0.2, 0.25) is 5.02 Å². The van der Waals surface area contributed by atoms with E-state index in [1.54, 1.807) is 0 Å². The van der Waals surface area contributed by atoms with Crippen molar-refractivity contribution in [1.29, 1.82) is 0 Å². The summed E-state index contributed by atoms with van der Waals surface area (Å²) < 4.78 is 0. The first-order chi connectivity index (χ1) is 15.2. The second-order valence-corrected chi connectivity index (χ2v) is 9.74. The molecule has 1 heterocycles. The van der Waals surface area contributed by atoms with Crippen molar-refractivity contribution < 1.29 is 13.1 Å². The van der Waals surface area contributed by atoms with Crippen LogP contribution in [0.3, 0.4) is 0 Å². The zero-order valence-corrected chi connectivity index (χ0v) is 22.3. The second-order valence-electron chi connectivity index (χ2n) is 7.51. The Labute approximate surface area is 210 Å². The van der Waals surface area contributed by atoms with Crippen LogP contribution >= 0.6 is 31.8 Å². The first-order valence-corrected chi connectivity index (χ1v) is 13.4. The molecule has 0 N–H and O–H groups in total. The number of pyridine rings is 1. The molecule has 0 bridgehead atoms. The molecule has 0 atom stereocenters. The van der Waals surface area contributed by atoms with E-state index in [9.17, 15) is 0 Å². The fraction of sp³-hybridized carbons (Fsp3) is 0.240. The summed E-state index contributed by atoms with van der Waals surface area (Å²) in [7, 11) is 9.53. The van der Waals surface area contributed by atoms with Crippen molar-refractivity contribution in [2.45, 2.75) is 41.5 Å². The summed E-state index contributed by atoms with van der Waals surface area (Å²) in [5.74, 6) is 0. The molecule has 2 aromatic carbocycles. The molecule has 0 saturated heterocycles. The number of para-hydroxylation sites is 1. The molecule has 0 aliphatic heterocycles. The molecule has 3 nitrogen and oxygen atoms in total. The van der Waals surface area contributed by atoms with Gasteiger partial charge in [-0.3, -0.25) is 4.99 Å². The molecule has 0 aliphatic carbocycles. The summed E-state index contributed by atoms with van der Waals surface area (Å²) in [6.07, 6.45) is 0. The molecule has 3 rings (SSSR count). The van der Waals surface area contributed by atoms with Crippen LogP contribution in [0, 0.1) is 27.7 Å². The monoisotopic (exact) mass is 529 g/mol. The number of hydrogen-bond acceptors (Lipinski definition) is 3. The summed E-state index contributed by atoms with van der Waals surface area (Å²) in [6.45, 7) is 12.3. The van der Waals surface area contributed by atoms with Gasteiger partial charge in [-0.2, -0.15) is 0 Å². The van der Waals surface area contributed by atoms with Crippen LogP contribution in [0.25, 0.3) is 0 Å². The zero-order valence-electron chi connectivity index (χ0n) is 18.9. The van der Waals surface area contributed by atoms with Crippen molar-refractivity contribution in [2.75, 3.05) is 0 Å². The van der Waals surface area contributed by atoms with Gasteiger partial charge in [0.15, 0.2) is 0 Å². The molecule has 1 aromatic heterocycles. The summed E-state index contributed by atoms with van der Waals surface area (Å²) in [5.41, 5.74) is 9.78. The molecule has 0 spiro atoms. The Morgan fingerprint density at radius 1 is 0.750 bits per heavy atom. The minimum atomic E-state index is 0.194. The third kappa shape index (κ3) is 7.16. The number of hydrogen-bond donors (Lipinski definition) is 0. The van der Waals surface area contributed by atoms with E-state index in [2.05, 4.69) is 32.9 Å². The van der Waals surface area contributed by atoms with E-state index in [4.69, 9.17) is 46.8 Å². The van der Waals surface area contributed by atoms with E-state index in [0.29, 0.717) is 5.02 Å². The van der Waals surface area contributed by atoms with E-state index in [1.807, 2.05) is 57.2 Å². The Kier molecular flexibility index (Phi) is 10.4. The molecule has 0 radical (unpaired) electrons. The van der Waals surface area contributed by atoms with Gasteiger partial charge >= 0.3 is 33.3 Å². The average Bonchev–Trinajstić information content (AvgIpc) is 2.74. The quantitative estimate of drug-likeness (QED) is 0.246. The van der Waals surface area contributed by atoms with Gasteiger partial charge in [0.1, 0.15) is 0 Å². The number of benzene rings is 2. The van der Waals surface area contributed by atoms with Crippen molar-refractivity contribution in [3.05, 3.63) is 87.2 Å². The van der Waals surface area contributed by atoms with Crippen LogP contribution in [0.1, 0.15) is 47.5 Å². The van der Waals surface area contributed by atoms with Gasteiger partial charge < -0.3 is 0 Å². The first-order valence-electron chi connectivity index (χ1n) is 9.94. The van der Waals surface area contributed by atoms with Gasteiger partial charge in [-0.05, 0) is 76.4 Å². The van der Waals surface area contributed by atoms with Gasteiger partial charge in [0.05, 0.1) is 39.2 Å². The summed E-state index contributed by atoms with van der Waals surface area (Å²) in [6, 6.07) is 16.0. The second kappa shape index (κ2) is 12.5. The summed E-state index contributed by atoms with van der Waals surface area (Å²) >= 11 is 6.52. The van der Waals surface area contributed by atoms with Gasteiger partial charge in [0.25, 0.3) is 0 Å². The molecule has 0 saturated carbocycles. The number of rotatable bonds is 4. The standard InChI is InChI=1S/C25H26ClN3.2ClH.Fe/c1-15-13-17(3)24(18(4)14-15)27-19(5)22-11-8-12-23(29-22)20(6)28-25-16(2)9-7-10-21(25)26;;;/h7-14H,1-6H3;2*1H;/q;;;+2/p-2. The Balaban J connectivity index is 0.00000114. The first kappa shape index (κ1) is 26.6. The van der Waals surface area contributed by atoms with E-state index >= 15 is 0 Å². The SMILES string of the molecule is CC(=Nc1c(C)cc(C)cc1C)c1cccc(C(C)=Nc2c(C)cccc2Cl)n1.[Cl][Fe][Cl]. The van der Waals surface area contributed by atoms with Gasteiger partial charge in [-0.15, -0.1) is 0 Å². The molecule has 0 amide bonds. The van der Waals surface area contributed by atoms with Crippen molar-refractivity contribution in [2.24, 2.45) is 9.98 Å². The predicted octanol–water partition coefficient (Wildman–Crippen LogP) is 8.63. The predicted molar refractivity (Wildman–Crippen MR) is 137 cm³/mol. The van der Waals surface area contributed by atoms with Crippen molar-refractivity contribution in [3.8, 4) is 0 Å². The van der Waals surface area contributed by atoms with Crippen LogP contribution in [-0.2, 0) is 13.1 Å². The number of aromatic nitrogens is 1. The fourth-order valence-electron chi connectivity index (χ4n) is 3.40. The zero-order chi connectivity index (χ0) is 23.8. The molecule has 3 aromatic rings. The number of halogens is 3. The Bertz CT molecular complexity index is 1110. The normalized spacial score (nSPS) is 11.9. The fourth-order valence-corrected chi connectivity index (χ4v) is 3.67. The van der Waals surface area contributed by atoms with E-state index < -0.39 is 0 Å². The Morgan fingerprint density at radius 2 is 1.22 bits per heavy atom. The molecule has 7 heteroatoms. The van der Waals surface area contributed by atoms with Crippen molar-refractivity contribution >= 4 is 54.6 Å². The van der Waals surface area contributed by atoms with Crippen LogP contribution < -0.4 is 0 Å². The third-order valence-electron chi connectivity index (χ3n) is 4.87. The maximum atomic E-state index is 6.33. The minimum absolute atomic E-state index is 0.194. The van der Waals surface area contributed by atoms with E-state index in [-0.39, 0.29) is 13.1 Å². The van der Waals surface area contributed by atoms with Crippen LogP contribution in [0.15, 0.2) is 58.5 Å². The molecule has 0 unspecified atom stereocenters. The molecule has 32 heavy (non-hydrogen) atoms. The molecule has 170 valence electrons. The third-order valence-corrected chi connectivity index (χ3v) is 5.18. The van der Waals surface area contributed by atoms with Gasteiger partial charge in [0.2, 0.25) is 0 Å². The molecule has 0 fully saturated rings. The van der Waals surface area contributed by atoms with Crippen LogP contribution in [0.5, 0.6) is 0 Å². The summed E-state index contributed by atoms with van der Waals surface area (Å²) in [5, 5.41) is 0.642. The molecular weight excluding hydrogens is 505 g/mol. The van der Waals surface area contributed by atoms with Gasteiger partial charge in [-0.1, -0.05) is 47.5 Å². The number of aryl methyl sites for hydroxylation is 4. The van der Waals surface area contributed by atoms with Gasteiger partial charge in [-0.25, -0.2) is 9.98 Å². The summed E-state index contributed by atoms with van der Waals surface area (Å²) in [4.78, 5) is 14.4. The van der Waals surface area contributed by atoms with Crippen molar-refractivity contribution in [3.63, 3.8) is 0 Å². The molecular formula is C25H26Cl3FeN3. The Hall–Kier alpha value is -1.68. The topological polar surface area (TPSA) is 37.6 Å². The van der Waals surface area contributed by atoms with Crippen LogP contribution in [0.4, 0.5) is 11.4 Å². The van der Waals surface area contributed by atoms with Crippen molar-refractivity contribution in [1.82, 2.24) is 4.98 Å².